The first-order valence-electron chi connectivity index (χ1n) is 13.7. The lowest BCUT2D eigenvalue weighted by atomic mass is 9.92. The minimum atomic E-state index is -0.820. The standard InChI is InChI=1S/C33H34N2O4S/c1-7-39-26-14-12-23(16-24(26)19(4)5)30(36)28-29(22-10-8-9-20(6)15-22)35(32(38)31(28)37)33-34-25-13-11-21(18(2)3)17-27(25)40-33/h8-19,29,36H,7H2,1-6H3/b30-28+. The quantitative estimate of drug-likeness (QED) is 0.143. The number of benzene rings is 3. The summed E-state index contributed by atoms with van der Waals surface area (Å²) in [7, 11) is 0. The maximum absolute atomic E-state index is 13.7. The molecule has 2 heterocycles. The Morgan fingerprint density at radius 3 is 2.48 bits per heavy atom. The molecule has 0 radical (unpaired) electrons. The van der Waals surface area contributed by atoms with Crippen molar-refractivity contribution in [1.82, 2.24) is 4.98 Å². The van der Waals surface area contributed by atoms with Crippen LogP contribution in [0.5, 0.6) is 5.75 Å². The second kappa shape index (κ2) is 10.9. The third-order valence-corrected chi connectivity index (χ3v) is 8.30. The Morgan fingerprint density at radius 2 is 1.80 bits per heavy atom. The molecule has 206 valence electrons. The van der Waals surface area contributed by atoms with Crippen molar-refractivity contribution in [1.29, 1.82) is 0 Å². The van der Waals surface area contributed by atoms with Gasteiger partial charge in [-0.05, 0) is 72.7 Å². The smallest absolute Gasteiger partial charge is 0.301 e. The van der Waals surface area contributed by atoms with Crippen LogP contribution in [0.4, 0.5) is 5.13 Å². The van der Waals surface area contributed by atoms with E-state index in [0.29, 0.717) is 23.2 Å². The van der Waals surface area contributed by atoms with Crippen LogP contribution in [0.2, 0.25) is 0 Å². The van der Waals surface area contributed by atoms with Crippen LogP contribution in [-0.4, -0.2) is 28.4 Å². The molecule has 5 rings (SSSR count). The van der Waals surface area contributed by atoms with Crippen LogP contribution in [0.3, 0.4) is 0 Å². The van der Waals surface area contributed by atoms with E-state index in [2.05, 4.69) is 19.9 Å². The number of rotatable bonds is 7. The average molecular weight is 555 g/mol. The number of Topliss-reactive ketones (excluding diaryl/α,β-unsaturated/α-hetero) is 1. The van der Waals surface area contributed by atoms with E-state index in [1.165, 1.54) is 21.8 Å². The molecule has 1 aliphatic rings. The van der Waals surface area contributed by atoms with E-state index >= 15 is 0 Å². The number of anilines is 1. The number of aryl methyl sites for hydroxylation is 1. The van der Waals surface area contributed by atoms with Crippen molar-refractivity contribution < 1.29 is 19.4 Å². The van der Waals surface area contributed by atoms with Gasteiger partial charge in [-0.25, -0.2) is 4.98 Å². The van der Waals surface area contributed by atoms with Gasteiger partial charge in [-0.3, -0.25) is 14.5 Å². The highest BCUT2D eigenvalue weighted by Crippen LogP contribution is 2.45. The highest BCUT2D eigenvalue weighted by Gasteiger charge is 2.48. The molecule has 1 saturated heterocycles. The molecule has 1 amide bonds. The normalized spacial score (nSPS) is 17.0. The van der Waals surface area contributed by atoms with Gasteiger partial charge in [0, 0.05) is 5.56 Å². The minimum Gasteiger partial charge on any atom is -0.507 e. The molecule has 0 bridgehead atoms. The van der Waals surface area contributed by atoms with Gasteiger partial charge in [0.15, 0.2) is 5.13 Å². The number of thiazole rings is 1. The van der Waals surface area contributed by atoms with Crippen molar-refractivity contribution in [2.45, 2.75) is 59.4 Å². The molecule has 1 aliphatic heterocycles. The Balaban J connectivity index is 1.70. The van der Waals surface area contributed by atoms with Crippen molar-refractivity contribution in [3.05, 3.63) is 94.1 Å². The van der Waals surface area contributed by atoms with Crippen LogP contribution in [0.25, 0.3) is 16.0 Å². The maximum atomic E-state index is 13.7. The third kappa shape index (κ3) is 4.90. The number of carbonyl (C=O) groups excluding carboxylic acids is 2. The number of aliphatic hydroxyl groups excluding tert-OH is 1. The van der Waals surface area contributed by atoms with Gasteiger partial charge in [-0.1, -0.05) is 74.9 Å². The fraction of sp³-hybridized carbons (Fsp3) is 0.303. The zero-order chi connectivity index (χ0) is 28.7. The lowest BCUT2D eigenvalue weighted by Gasteiger charge is -2.23. The molecule has 3 aromatic carbocycles. The van der Waals surface area contributed by atoms with Gasteiger partial charge in [0.05, 0.1) is 28.4 Å². The van der Waals surface area contributed by atoms with Crippen molar-refractivity contribution in [2.75, 3.05) is 11.5 Å². The summed E-state index contributed by atoms with van der Waals surface area (Å²) in [5.74, 6) is -0.429. The van der Waals surface area contributed by atoms with Crippen molar-refractivity contribution in [3.63, 3.8) is 0 Å². The molecule has 1 atom stereocenters. The largest absolute Gasteiger partial charge is 0.507 e. The molecule has 1 unspecified atom stereocenters. The van der Waals surface area contributed by atoms with Gasteiger partial charge < -0.3 is 9.84 Å². The highest BCUT2D eigenvalue weighted by molar-refractivity contribution is 7.22. The Morgan fingerprint density at radius 1 is 1.02 bits per heavy atom. The summed E-state index contributed by atoms with van der Waals surface area (Å²) in [6.07, 6.45) is 0. The molecule has 6 nitrogen and oxygen atoms in total. The minimum absolute atomic E-state index is 0.0524. The highest BCUT2D eigenvalue weighted by atomic mass is 32.1. The van der Waals surface area contributed by atoms with Gasteiger partial charge in [-0.15, -0.1) is 0 Å². The predicted molar refractivity (Wildman–Crippen MR) is 161 cm³/mol. The Labute approximate surface area is 238 Å². The number of ketones is 1. The summed E-state index contributed by atoms with van der Waals surface area (Å²) in [6, 6.07) is 18.3. The number of fused-ring (bicyclic) bond motifs is 1. The topological polar surface area (TPSA) is 79.7 Å². The molecule has 0 aliphatic carbocycles. The molecule has 7 heteroatoms. The number of aliphatic hydroxyl groups is 1. The molecule has 40 heavy (non-hydrogen) atoms. The number of amides is 1. The SMILES string of the molecule is CCOc1ccc(/C(O)=C2\C(=O)C(=O)N(c3nc4ccc(C(C)C)cc4s3)C2c2cccc(C)c2)cc1C(C)C. The third-order valence-electron chi connectivity index (χ3n) is 7.28. The lowest BCUT2D eigenvalue weighted by Crippen LogP contribution is -2.29. The van der Waals surface area contributed by atoms with Crippen molar-refractivity contribution in [3.8, 4) is 5.75 Å². The van der Waals surface area contributed by atoms with E-state index in [1.54, 1.807) is 6.07 Å². The van der Waals surface area contributed by atoms with Gasteiger partial charge in [0.1, 0.15) is 11.5 Å². The summed E-state index contributed by atoms with van der Waals surface area (Å²) < 4.78 is 6.74. The number of nitrogens with zero attached hydrogens (tertiary/aromatic N) is 2. The van der Waals surface area contributed by atoms with Crippen LogP contribution >= 0.6 is 11.3 Å². The second-order valence-electron chi connectivity index (χ2n) is 10.8. The van der Waals surface area contributed by atoms with Crippen LogP contribution in [0, 0.1) is 6.92 Å². The van der Waals surface area contributed by atoms with Gasteiger partial charge in [-0.2, -0.15) is 0 Å². The Kier molecular flexibility index (Phi) is 7.51. The zero-order valence-electron chi connectivity index (χ0n) is 23.7. The molecular formula is C33H34N2O4S. The molecule has 1 fully saturated rings. The van der Waals surface area contributed by atoms with E-state index in [-0.39, 0.29) is 17.3 Å². The van der Waals surface area contributed by atoms with Crippen molar-refractivity contribution in [2.24, 2.45) is 0 Å². The second-order valence-corrected chi connectivity index (χ2v) is 11.8. The summed E-state index contributed by atoms with van der Waals surface area (Å²) in [6.45, 7) is 12.8. The van der Waals surface area contributed by atoms with E-state index < -0.39 is 17.7 Å². The Bertz CT molecular complexity index is 1650. The van der Waals surface area contributed by atoms with Crippen LogP contribution in [0.15, 0.2) is 66.2 Å². The number of hydrogen-bond donors (Lipinski definition) is 1. The maximum Gasteiger partial charge on any atom is 0.301 e. The molecule has 1 aromatic heterocycles. The van der Waals surface area contributed by atoms with E-state index in [9.17, 15) is 14.7 Å². The summed E-state index contributed by atoms with van der Waals surface area (Å²) in [4.78, 5) is 33.5. The number of hydrogen-bond acceptors (Lipinski definition) is 6. The average Bonchev–Trinajstić information content (AvgIpc) is 3.46. The first-order chi connectivity index (χ1) is 19.1. The summed E-state index contributed by atoms with van der Waals surface area (Å²) >= 11 is 1.38. The van der Waals surface area contributed by atoms with Crippen molar-refractivity contribution >= 4 is 44.1 Å². The molecule has 0 spiro atoms. The molecular weight excluding hydrogens is 520 g/mol. The zero-order valence-corrected chi connectivity index (χ0v) is 24.5. The molecule has 0 saturated carbocycles. The van der Waals surface area contributed by atoms with E-state index in [1.807, 2.05) is 76.2 Å². The first kappa shape index (κ1) is 27.6. The van der Waals surface area contributed by atoms with Gasteiger partial charge in [0.2, 0.25) is 0 Å². The molecule has 1 N–H and O–H groups in total. The van der Waals surface area contributed by atoms with Gasteiger partial charge in [0.25, 0.3) is 5.78 Å². The first-order valence-corrected chi connectivity index (χ1v) is 14.5. The molecule has 4 aromatic rings. The van der Waals surface area contributed by atoms with Crippen LogP contribution < -0.4 is 9.64 Å². The number of carbonyl (C=O) groups is 2. The van der Waals surface area contributed by atoms with E-state index in [4.69, 9.17) is 9.72 Å². The van der Waals surface area contributed by atoms with Crippen LogP contribution in [-0.2, 0) is 9.59 Å². The van der Waals surface area contributed by atoms with Crippen LogP contribution in [0.1, 0.15) is 80.3 Å². The summed E-state index contributed by atoms with van der Waals surface area (Å²) in [5, 5.41) is 12.1. The fourth-order valence-electron chi connectivity index (χ4n) is 5.17. The fourth-order valence-corrected chi connectivity index (χ4v) is 6.21. The summed E-state index contributed by atoms with van der Waals surface area (Å²) in [5.41, 5.74) is 5.10. The predicted octanol–water partition coefficient (Wildman–Crippen LogP) is 7.88. The Hall–Kier alpha value is -3.97. The number of ether oxygens (including phenoxy) is 1. The van der Waals surface area contributed by atoms with E-state index in [0.717, 1.165) is 32.7 Å². The lowest BCUT2D eigenvalue weighted by molar-refractivity contribution is -0.132. The van der Waals surface area contributed by atoms with Gasteiger partial charge >= 0.3 is 5.91 Å². The monoisotopic (exact) mass is 554 g/mol. The number of aromatic nitrogens is 1.